The molecule has 0 fully saturated rings. The molecule has 0 radical (unpaired) electrons. The maximum Gasteiger partial charge on any atom is 0.224 e. The van der Waals surface area contributed by atoms with Crippen LogP contribution in [0.25, 0.3) is 0 Å². The predicted molar refractivity (Wildman–Crippen MR) is 89.3 cm³/mol. The molecule has 2 N–H and O–H groups in total. The Kier molecular flexibility index (Phi) is 4.78. The van der Waals surface area contributed by atoms with Gasteiger partial charge >= 0.3 is 0 Å². The first kappa shape index (κ1) is 15.3. The van der Waals surface area contributed by atoms with Crippen molar-refractivity contribution in [2.24, 2.45) is 5.92 Å². The molecule has 0 saturated heterocycles. The highest BCUT2D eigenvalue weighted by atomic mass is 15.1. The fourth-order valence-electron chi connectivity index (χ4n) is 2.10. The lowest BCUT2D eigenvalue weighted by Crippen LogP contribution is -2.11. The smallest absolute Gasteiger partial charge is 0.224 e. The van der Waals surface area contributed by atoms with E-state index in [1.807, 2.05) is 13.0 Å². The molecule has 112 valence electrons. The minimum absolute atomic E-state index is 0.560. The largest absolute Gasteiger partial charge is 0.354 e. The summed E-state index contributed by atoms with van der Waals surface area (Å²) in [6, 6.07) is 8.30. The Bertz CT molecular complexity index is 620. The van der Waals surface area contributed by atoms with Gasteiger partial charge in [-0.25, -0.2) is 4.98 Å². The van der Waals surface area contributed by atoms with Crippen LogP contribution in [0.2, 0.25) is 0 Å². The average Bonchev–Trinajstić information content (AvgIpc) is 2.39. The third kappa shape index (κ3) is 4.45. The molecule has 0 spiro atoms. The van der Waals surface area contributed by atoms with Crippen LogP contribution in [0, 0.1) is 26.7 Å². The van der Waals surface area contributed by atoms with E-state index in [1.54, 1.807) is 0 Å². The van der Waals surface area contributed by atoms with Gasteiger partial charge in [-0.1, -0.05) is 31.5 Å². The van der Waals surface area contributed by atoms with Crippen LogP contribution in [0.15, 0.2) is 24.3 Å². The number of hydrogen-bond donors (Lipinski definition) is 2. The number of benzene rings is 1. The van der Waals surface area contributed by atoms with Gasteiger partial charge < -0.3 is 10.6 Å². The average molecular weight is 284 g/mol. The second-order valence-corrected chi connectivity index (χ2v) is 5.94. The lowest BCUT2D eigenvalue weighted by molar-refractivity contribution is 0.684. The molecule has 0 aliphatic heterocycles. The van der Waals surface area contributed by atoms with Crippen molar-refractivity contribution in [3.63, 3.8) is 0 Å². The molecule has 0 aliphatic carbocycles. The highest BCUT2D eigenvalue weighted by Gasteiger charge is 2.05. The first-order valence-electron chi connectivity index (χ1n) is 7.38. The second kappa shape index (κ2) is 6.57. The number of aryl methyl sites for hydroxylation is 3. The van der Waals surface area contributed by atoms with E-state index in [1.165, 1.54) is 11.1 Å². The van der Waals surface area contributed by atoms with Crippen molar-refractivity contribution in [1.29, 1.82) is 0 Å². The van der Waals surface area contributed by atoms with Crippen LogP contribution >= 0.6 is 0 Å². The standard InChI is InChI=1S/C17H24N4/c1-11(2)10-18-17-19-14(5)9-16(21-17)20-15-7-6-12(3)8-13(15)4/h6-9,11H,10H2,1-5H3,(H2,18,19,20,21). The zero-order valence-electron chi connectivity index (χ0n) is 13.5. The molecule has 1 heterocycles. The summed E-state index contributed by atoms with van der Waals surface area (Å²) in [7, 11) is 0. The zero-order chi connectivity index (χ0) is 15.4. The van der Waals surface area contributed by atoms with Crippen molar-refractivity contribution in [1.82, 2.24) is 9.97 Å². The number of anilines is 3. The van der Waals surface area contributed by atoms with Crippen LogP contribution in [0.4, 0.5) is 17.5 Å². The van der Waals surface area contributed by atoms with Gasteiger partial charge in [0.2, 0.25) is 5.95 Å². The van der Waals surface area contributed by atoms with Gasteiger partial charge in [0, 0.05) is 24.0 Å². The quantitative estimate of drug-likeness (QED) is 0.863. The number of aromatic nitrogens is 2. The molecule has 1 aromatic carbocycles. The third-order valence-corrected chi connectivity index (χ3v) is 3.17. The third-order valence-electron chi connectivity index (χ3n) is 3.17. The lowest BCUT2D eigenvalue weighted by atomic mass is 10.1. The van der Waals surface area contributed by atoms with Gasteiger partial charge in [0.1, 0.15) is 5.82 Å². The highest BCUT2D eigenvalue weighted by molar-refractivity contribution is 5.61. The number of rotatable bonds is 5. The molecule has 4 heteroatoms. The summed E-state index contributed by atoms with van der Waals surface area (Å²) < 4.78 is 0. The van der Waals surface area contributed by atoms with Crippen LogP contribution in [0.5, 0.6) is 0 Å². The SMILES string of the molecule is Cc1ccc(Nc2cc(C)nc(NCC(C)C)n2)c(C)c1. The summed E-state index contributed by atoms with van der Waals surface area (Å²) in [4.78, 5) is 8.95. The lowest BCUT2D eigenvalue weighted by Gasteiger charge is -2.12. The molecule has 21 heavy (non-hydrogen) atoms. The van der Waals surface area contributed by atoms with Crippen molar-refractivity contribution in [2.75, 3.05) is 17.2 Å². The first-order valence-corrected chi connectivity index (χ1v) is 7.38. The van der Waals surface area contributed by atoms with Gasteiger partial charge in [-0.2, -0.15) is 4.98 Å². The molecule has 0 bridgehead atoms. The first-order chi connectivity index (χ1) is 9.94. The molecule has 1 aromatic heterocycles. The Morgan fingerprint density at radius 1 is 1.05 bits per heavy atom. The number of nitrogens with one attached hydrogen (secondary N) is 2. The molecule has 2 aromatic rings. The predicted octanol–water partition coefficient (Wildman–Crippen LogP) is 4.21. The summed E-state index contributed by atoms with van der Waals surface area (Å²) in [5.74, 6) is 2.06. The number of hydrogen-bond acceptors (Lipinski definition) is 4. The van der Waals surface area contributed by atoms with Crippen LogP contribution in [0.3, 0.4) is 0 Å². The van der Waals surface area contributed by atoms with Crippen molar-refractivity contribution in [3.8, 4) is 0 Å². The summed E-state index contributed by atoms with van der Waals surface area (Å²) in [6.07, 6.45) is 0. The molecule has 0 atom stereocenters. The fraction of sp³-hybridized carbons (Fsp3) is 0.412. The van der Waals surface area contributed by atoms with Gasteiger partial charge in [-0.05, 0) is 38.3 Å². The topological polar surface area (TPSA) is 49.8 Å². The Balaban J connectivity index is 2.19. The maximum absolute atomic E-state index is 4.53. The zero-order valence-corrected chi connectivity index (χ0v) is 13.5. The van der Waals surface area contributed by atoms with E-state index < -0.39 is 0 Å². The normalized spacial score (nSPS) is 10.8. The summed E-state index contributed by atoms with van der Waals surface area (Å²) in [5.41, 5.74) is 4.50. The Morgan fingerprint density at radius 3 is 2.48 bits per heavy atom. The molecule has 2 rings (SSSR count). The Labute approximate surface area is 127 Å². The van der Waals surface area contributed by atoms with Crippen molar-refractivity contribution >= 4 is 17.5 Å². The molecule has 4 nitrogen and oxygen atoms in total. The van der Waals surface area contributed by atoms with Crippen LogP contribution in [0.1, 0.15) is 30.7 Å². The molecule has 0 unspecified atom stereocenters. The summed E-state index contributed by atoms with van der Waals surface area (Å²) in [5, 5.41) is 6.65. The Hall–Kier alpha value is -2.10. The van der Waals surface area contributed by atoms with E-state index >= 15 is 0 Å². The molecule has 0 saturated carbocycles. The van der Waals surface area contributed by atoms with E-state index in [0.717, 1.165) is 23.7 Å². The molecule has 0 aliphatic rings. The monoisotopic (exact) mass is 284 g/mol. The molecular weight excluding hydrogens is 260 g/mol. The number of nitrogens with zero attached hydrogens (tertiary/aromatic N) is 2. The van der Waals surface area contributed by atoms with E-state index in [4.69, 9.17) is 0 Å². The van der Waals surface area contributed by atoms with Gasteiger partial charge in [-0.3, -0.25) is 0 Å². The maximum atomic E-state index is 4.53. The van der Waals surface area contributed by atoms with E-state index in [0.29, 0.717) is 11.9 Å². The Morgan fingerprint density at radius 2 is 1.81 bits per heavy atom. The van der Waals surface area contributed by atoms with Crippen LogP contribution < -0.4 is 10.6 Å². The fourth-order valence-corrected chi connectivity index (χ4v) is 2.10. The molecule has 0 amide bonds. The van der Waals surface area contributed by atoms with E-state index in [9.17, 15) is 0 Å². The van der Waals surface area contributed by atoms with Crippen molar-refractivity contribution in [2.45, 2.75) is 34.6 Å². The molecular formula is C17H24N4. The van der Waals surface area contributed by atoms with E-state index in [2.05, 4.69) is 66.5 Å². The van der Waals surface area contributed by atoms with Crippen molar-refractivity contribution < 1.29 is 0 Å². The minimum atomic E-state index is 0.560. The van der Waals surface area contributed by atoms with Gasteiger partial charge in [0.05, 0.1) is 0 Å². The summed E-state index contributed by atoms with van der Waals surface area (Å²) in [6.45, 7) is 11.4. The van der Waals surface area contributed by atoms with Gasteiger partial charge in [-0.15, -0.1) is 0 Å². The van der Waals surface area contributed by atoms with Gasteiger partial charge in [0.15, 0.2) is 0 Å². The highest BCUT2D eigenvalue weighted by Crippen LogP contribution is 2.21. The van der Waals surface area contributed by atoms with Crippen molar-refractivity contribution in [3.05, 3.63) is 41.1 Å². The van der Waals surface area contributed by atoms with Gasteiger partial charge in [0.25, 0.3) is 0 Å². The van der Waals surface area contributed by atoms with Crippen LogP contribution in [-0.2, 0) is 0 Å². The second-order valence-electron chi connectivity index (χ2n) is 5.94. The summed E-state index contributed by atoms with van der Waals surface area (Å²) >= 11 is 0. The minimum Gasteiger partial charge on any atom is -0.354 e. The van der Waals surface area contributed by atoms with Crippen LogP contribution in [-0.4, -0.2) is 16.5 Å². The van der Waals surface area contributed by atoms with E-state index in [-0.39, 0.29) is 0 Å².